The van der Waals surface area contributed by atoms with E-state index in [-0.39, 0.29) is 5.89 Å². The van der Waals surface area contributed by atoms with Crippen LogP contribution in [-0.2, 0) is 17.1 Å². The van der Waals surface area contributed by atoms with E-state index in [0.717, 1.165) is 31.4 Å². The molecule has 0 aliphatic heterocycles. The SMILES string of the molecule is CC(C)(c1cccc(C(F)(F)F)c1)c1nc(C2(N)CCC2)no1. The van der Waals surface area contributed by atoms with Crippen LogP contribution in [0.15, 0.2) is 28.8 Å². The zero-order valence-corrected chi connectivity index (χ0v) is 12.9. The van der Waals surface area contributed by atoms with Crippen LogP contribution in [0.25, 0.3) is 0 Å². The van der Waals surface area contributed by atoms with Gasteiger partial charge in [-0.1, -0.05) is 23.4 Å². The fourth-order valence-corrected chi connectivity index (χ4v) is 2.67. The van der Waals surface area contributed by atoms with Gasteiger partial charge in [-0.25, -0.2) is 0 Å². The van der Waals surface area contributed by atoms with Gasteiger partial charge in [0, 0.05) is 0 Å². The molecular formula is C16H18F3N3O. The summed E-state index contributed by atoms with van der Waals surface area (Å²) in [6, 6.07) is 5.17. The molecule has 124 valence electrons. The molecule has 4 nitrogen and oxygen atoms in total. The monoisotopic (exact) mass is 325 g/mol. The van der Waals surface area contributed by atoms with Gasteiger partial charge < -0.3 is 10.3 Å². The lowest BCUT2D eigenvalue weighted by atomic mass is 9.77. The first-order chi connectivity index (χ1) is 10.6. The zero-order chi connectivity index (χ0) is 16.9. The van der Waals surface area contributed by atoms with Crippen LogP contribution < -0.4 is 5.73 Å². The summed E-state index contributed by atoms with van der Waals surface area (Å²) in [5.74, 6) is 0.697. The molecule has 0 atom stereocenters. The standard InChI is InChI=1S/C16H18F3N3O/c1-14(2,10-5-3-6-11(9-10)16(17,18)19)13-21-12(22-23-13)15(20)7-4-8-15/h3,5-6,9H,4,7-8,20H2,1-2H3. The van der Waals surface area contributed by atoms with E-state index in [1.165, 1.54) is 6.07 Å². The number of aromatic nitrogens is 2. The molecule has 2 aromatic rings. The van der Waals surface area contributed by atoms with E-state index in [4.69, 9.17) is 10.3 Å². The number of nitrogens with zero attached hydrogens (tertiary/aromatic N) is 2. The second kappa shape index (κ2) is 5.06. The maximum Gasteiger partial charge on any atom is 0.416 e. The summed E-state index contributed by atoms with van der Waals surface area (Å²) in [5, 5.41) is 3.94. The van der Waals surface area contributed by atoms with Crippen molar-refractivity contribution < 1.29 is 17.7 Å². The second-order valence-corrected chi connectivity index (χ2v) is 6.64. The summed E-state index contributed by atoms with van der Waals surface area (Å²) in [4.78, 5) is 4.36. The largest absolute Gasteiger partial charge is 0.416 e. The summed E-state index contributed by atoms with van der Waals surface area (Å²) >= 11 is 0. The average molecular weight is 325 g/mol. The van der Waals surface area contributed by atoms with Gasteiger partial charge in [-0.05, 0) is 44.7 Å². The van der Waals surface area contributed by atoms with Crippen molar-refractivity contribution in [2.75, 3.05) is 0 Å². The van der Waals surface area contributed by atoms with Crippen molar-refractivity contribution in [2.24, 2.45) is 5.73 Å². The highest BCUT2D eigenvalue weighted by atomic mass is 19.4. The van der Waals surface area contributed by atoms with Crippen molar-refractivity contribution in [1.82, 2.24) is 10.1 Å². The zero-order valence-electron chi connectivity index (χ0n) is 12.9. The second-order valence-electron chi connectivity index (χ2n) is 6.64. The van der Waals surface area contributed by atoms with Crippen molar-refractivity contribution in [1.29, 1.82) is 0 Å². The Bertz CT molecular complexity index is 717. The van der Waals surface area contributed by atoms with Crippen molar-refractivity contribution in [3.8, 4) is 0 Å². The summed E-state index contributed by atoms with van der Waals surface area (Å²) in [6.07, 6.45) is -1.80. The molecule has 0 saturated heterocycles. The molecule has 0 amide bonds. The molecule has 1 aromatic heterocycles. The minimum Gasteiger partial charge on any atom is -0.338 e. The van der Waals surface area contributed by atoms with Crippen molar-refractivity contribution in [3.63, 3.8) is 0 Å². The van der Waals surface area contributed by atoms with Gasteiger partial charge in [-0.3, -0.25) is 0 Å². The van der Waals surface area contributed by atoms with Crippen LogP contribution in [0.3, 0.4) is 0 Å². The van der Waals surface area contributed by atoms with Gasteiger partial charge >= 0.3 is 6.18 Å². The Morgan fingerprint density at radius 3 is 2.39 bits per heavy atom. The molecule has 1 aliphatic carbocycles. The Morgan fingerprint density at radius 2 is 1.83 bits per heavy atom. The number of hydrogen-bond donors (Lipinski definition) is 1. The van der Waals surface area contributed by atoms with Gasteiger partial charge in [-0.15, -0.1) is 0 Å². The Morgan fingerprint density at radius 1 is 1.17 bits per heavy atom. The van der Waals surface area contributed by atoms with Crippen LogP contribution >= 0.6 is 0 Å². The number of nitrogens with two attached hydrogens (primary N) is 1. The highest BCUT2D eigenvalue weighted by Gasteiger charge is 2.41. The topological polar surface area (TPSA) is 64.9 Å². The normalized spacial score (nSPS) is 17.8. The highest BCUT2D eigenvalue weighted by molar-refractivity contribution is 5.34. The third-order valence-electron chi connectivity index (χ3n) is 4.56. The van der Waals surface area contributed by atoms with Crippen molar-refractivity contribution in [2.45, 2.75) is 50.2 Å². The van der Waals surface area contributed by atoms with E-state index < -0.39 is 22.7 Å². The molecule has 0 radical (unpaired) electrons. The number of hydrogen-bond acceptors (Lipinski definition) is 4. The average Bonchev–Trinajstić information content (AvgIpc) is 2.95. The fourth-order valence-electron chi connectivity index (χ4n) is 2.67. The number of alkyl halides is 3. The summed E-state index contributed by atoms with van der Waals surface area (Å²) in [6.45, 7) is 3.51. The Balaban J connectivity index is 1.95. The minimum atomic E-state index is -4.39. The van der Waals surface area contributed by atoms with E-state index in [0.29, 0.717) is 11.4 Å². The molecule has 1 aliphatic rings. The van der Waals surface area contributed by atoms with Crippen molar-refractivity contribution >= 4 is 0 Å². The van der Waals surface area contributed by atoms with Crippen LogP contribution in [-0.4, -0.2) is 10.1 Å². The predicted molar refractivity (Wildman–Crippen MR) is 77.6 cm³/mol. The van der Waals surface area contributed by atoms with Gasteiger partial charge in [0.15, 0.2) is 5.82 Å². The molecule has 1 heterocycles. The third-order valence-corrected chi connectivity index (χ3v) is 4.56. The van der Waals surface area contributed by atoms with Crippen LogP contribution in [0.5, 0.6) is 0 Å². The van der Waals surface area contributed by atoms with Crippen LogP contribution in [0.2, 0.25) is 0 Å². The molecule has 23 heavy (non-hydrogen) atoms. The first-order valence-electron chi connectivity index (χ1n) is 7.44. The lowest BCUT2D eigenvalue weighted by molar-refractivity contribution is -0.137. The Kier molecular flexibility index (Phi) is 3.51. The van der Waals surface area contributed by atoms with Crippen LogP contribution in [0.4, 0.5) is 13.2 Å². The highest BCUT2D eigenvalue weighted by Crippen LogP contribution is 2.39. The number of benzene rings is 1. The molecular weight excluding hydrogens is 307 g/mol. The smallest absolute Gasteiger partial charge is 0.338 e. The molecule has 1 fully saturated rings. The molecule has 2 N–H and O–H groups in total. The maximum atomic E-state index is 12.9. The molecule has 0 bridgehead atoms. The van der Waals surface area contributed by atoms with E-state index >= 15 is 0 Å². The first kappa shape index (κ1) is 16.0. The Hall–Kier alpha value is -1.89. The summed E-state index contributed by atoms with van der Waals surface area (Å²) in [7, 11) is 0. The van der Waals surface area contributed by atoms with E-state index in [1.54, 1.807) is 19.9 Å². The predicted octanol–water partition coefficient (Wildman–Crippen LogP) is 3.75. The summed E-state index contributed by atoms with van der Waals surface area (Å²) in [5.41, 5.74) is 4.53. The minimum absolute atomic E-state index is 0.267. The molecule has 0 spiro atoms. The Labute approximate surface area is 131 Å². The van der Waals surface area contributed by atoms with Gasteiger partial charge in [0.05, 0.1) is 16.5 Å². The molecule has 7 heteroatoms. The third kappa shape index (κ3) is 2.73. The van der Waals surface area contributed by atoms with Gasteiger partial charge in [-0.2, -0.15) is 18.2 Å². The van der Waals surface area contributed by atoms with E-state index in [2.05, 4.69) is 10.1 Å². The molecule has 1 aromatic carbocycles. The lowest BCUT2D eigenvalue weighted by Gasteiger charge is -2.34. The van der Waals surface area contributed by atoms with E-state index in [9.17, 15) is 13.2 Å². The first-order valence-corrected chi connectivity index (χ1v) is 7.44. The molecule has 1 saturated carbocycles. The van der Waals surface area contributed by atoms with Crippen LogP contribution in [0, 0.1) is 0 Å². The summed E-state index contributed by atoms with van der Waals surface area (Å²) < 4.78 is 44.0. The van der Waals surface area contributed by atoms with Crippen LogP contribution in [0.1, 0.15) is 56.0 Å². The van der Waals surface area contributed by atoms with Gasteiger partial charge in [0.25, 0.3) is 0 Å². The van der Waals surface area contributed by atoms with Crippen molar-refractivity contribution in [3.05, 3.63) is 47.1 Å². The van der Waals surface area contributed by atoms with Gasteiger partial charge in [0.2, 0.25) is 5.89 Å². The molecule has 0 unspecified atom stereocenters. The number of rotatable bonds is 3. The fraction of sp³-hybridized carbons (Fsp3) is 0.500. The van der Waals surface area contributed by atoms with Gasteiger partial charge in [0.1, 0.15) is 0 Å². The van der Waals surface area contributed by atoms with E-state index in [1.807, 2.05) is 0 Å². The maximum absolute atomic E-state index is 12.9. The lowest BCUT2D eigenvalue weighted by Crippen LogP contribution is -2.44. The molecule has 3 rings (SSSR count). The number of halogens is 3. The quantitative estimate of drug-likeness (QED) is 0.933.